The molecule has 0 fully saturated rings. The van der Waals surface area contributed by atoms with Crippen LogP contribution >= 0.6 is 11.6 Å². The first kappa shape index (κ1) is 18.3. The summed E-state index contributed by atoms with van der Waals surface area (Å²) in [4.78, 5) is 12.0. The van der Waals surface area contributed by atoms with Crippen molar-refractivity contribution in [3.05, 3.63) is 53.1 Å². The lowest BCUT2D eigenvalue weighted by Gasteiger charge is -2.10. The quantitative estimate of drug-likeness (QED) is 0.820. The number of hydrogen-bond donors (Lipinski definition) is 2. The summed E-state index contributed by atoms with van der Waals surface area (Å²) < 4.78 is 30.9. The van der Waals surface area contributed by atoms with Crippen molar-refractivity contribution >= 4 is 33.2 Å². The van der Waals surface area contributed by atoms with Crippen LogP contribution in [0.2, 0.25) is 5.02 Å². The Labute approximate surface area is 145 Å². The predicted molar refractivity (Wildman–Crippen MR) is 93.0 cm³/mol. The second-order valence-corrected chi connectivity index (χ2v) is 7.30. The van der Waals surface area contributed by atoms with Gasteiger partial charge in [-0.15, -0.1) is 0 Å². The van der Waals surface area contributed by atoms with Gasteiger partial charge in [-0.3, -0.25) is 4.79 Å². The van der Waals surface area contributed by atoms with Crippen molar-refractivity contribution in [1.29, 1.82) is 0 Å². The maximum absolute atomic E-state index is 11.9. The number of aryl methyl sites for hydroxylation is 1. The molecule has 0 saturated heterocycles. The van der Waals surface area contributed by atoms with Crippen LogP contribution in [-0.4, -0.2) is 28.0 Å². The van der Waals surface area contributed by atoms with Gasteiger partial charge in [-0.05, 0) is 62.0 Å². The molecule has 2 aromatic carbocycles. The summed E-state index contributed by atoms with van der Waals surface area (Å²) in [6.45, 7) is 1.67. The summed E-state index contributed by atoms with van der Waals surface area (Å²) >= 11 is 5.86. The summed E-state index contributed by atoms with van der Waals surface area (Å²) in [5.41, 5.74) is 1.31. The fraction of sp³-hybridized carbons (Fsp3) is 0.188. The minimum absolute atomic E-state index is 0.121. The van der Waals surface area contributed by atoms with Crippen LogP contribution < -0.4 is 14.8 Å². The number of carbonyl (C=O) groups excluding carboxylic acids is 1. The van der Waals surface area contributed by atoms with Crippen LogP contribution in [0, 0.1) is 6.92 Å². The molecular formula is C16H17ClN2O4S. The molecule has 24 heavy (non-hydrogen) atoms. The molecule has 1 amide bonds. The van der Waals surface area contributed by atoms with Crippen molar-refractivity contribution in [1.82, 2.24) is 4.72 Å². The lowest BCUT2D eigenvalue weighted by Crippen LogP contribution is -2.21. The maximum Gasteiger partial charge on any atom is 0.262 e. The molecule has 0 aliphatic rings. The van der Waals surface area contributed by atoms with Gasteiger partial charge in [0, 0.05) is 10.7 Å². The van der Waals surface area contributed by atoms with Gasteiger partial charge >= 0.3 is 0 Å². The van der Waals surface area contributed by atoms with E-state index in [1.54, 1.807) is 18.2 Å². The van der Waals surface area contributed by atoms with E-state index < -0.39 is 10.0 Å². The van der Waals surface area contributed by atoms with Crippen molar-refractivity contribution in [3.63, 3.8) is 0 Å². The fourth-order valence-corrected chi connectivity index (χ4v) is 2.91. The van der Waals surface area contributed by atoms with Gasteiger partial charge in [-0.2, -0.15) is 0 Å². The monoisotopic (exact) mass is 368 g/mol. The third-order valence-corrected chi connectivity index (χ3v) is 4.88. The number of amides is 1. The highest BCUT2D eigenvalue weighted by Crippen LogP contribution is 2.21. The van der Waals surface area contributed by atoms with Gasteiger partial charge in [-0.25, -0.2) is 13.1 Å². The number of nitrogens with one attached hydrogen (secondary N) is 2. The van der Waals surface area contributed by atoms with Gasteiger partial charge in [0.15, 0.2) is 6.61 Å². The lowest BCUT2D eigenvalue weighted by molar-refractivity contribution is -0.118. The van der Waals surface area contributed by atoms with Gasteiger partial charge < -0.3 is 10.1 Å². The van der Waals surface area contributed by atoms with E-state index in [1.165, 1.54) is 31.3 Å². The zero-order valence-corrected chi connectivity index (χ0v) is 14.7. The van der Waals surface area contributed by atoms with Crippen LogP contribution in [0.1, 0.15) is 5.56 Å². The highest BCUT2D eigenvalue weighted by molar-refractivity contribution is 7.89. The number of carbonyl (C=O) groups is 1. The Balaban J connectivity index is 1.95. The molecule has 6 nitrogen and oxygen atoms in total. The molecule has 0 aliphatic heterocycles. The van der Waals surface area contributed by atoms with Crippen molar-refractivity contribution in [2.75, 3.05) is 19.0 Å². The average molecular weight is 369 g/mol. The second kappa shape index (κ2) is 7.65. The summed E-state index contributed by atoms with van der Waals surface area (Å²) in [6, 6.07) is 11.0. The molecule has 8 heteroatoms. The minimum Gasteiger partial charge on any atom is -0.483 e. The SMILES string of the molecule is CNS(=O)(=O)c1ccc(NC(=O)COc2ccc(Cl)cc2C)cc1. The largest absolute Gasteiger partial charge is 0.483 e. The number of benzene rings is 2. The van der Waals surface area contributed by atoms with Crippen LogP contribution in [0.3, 0.4) is 0 Å². The average Bonchev–Trinajstić information content (AvgIpc) is 2.54. The smallest absolute Gasteiger partial charge is 0.262 e. The Hall–Kier alpha value is -2.09. The highest BCUT2D eigenvalue weighted by atomic mass is 35.5. The summed E-state index contributed by atoms with van der Waals surface area (Å²) in [7, 11) is -2.16. The molecule has 0 spiro atoms. The standard InChI is InChI=1S/C16H17ClN2O4S/c1-11-9-12(17)3-8-15(11)23-10-16(20)19-13-4-6-14(7-5-13)24(21,22)18-2/h3-9,18H,10H2,1-2H3,(H,19,20). The van der Waals surface area contributed by atoms with Gasteiger partial charge in [-0.1, -0.05) is 11.6 Å². The molecule has 0 atom stereocenters. The van der Waals surface area contributed by atoms with Gasteiger partial charge in [0.25, 0.3) is 5.91 Å². The van der Waals surface area contributed by atoms with Crippen molar-refractivity contribution in [2.24, 2.45) is 0 Å². The summed E-state index contributed by atoms with van der Waals surface area (Å²) in [6.07, 6.45) is 0. The molecule has 2 aromatic rings. The first-order valence-electron chi connectivity index (χ1n) is 7.04. The molecule has 0 bridgehead atoms. The predicted octanol–water partition coefficient (Wildman–Crippen LogP) is 2.57. The first-order valence-corrected chi connectivity index (χ1v) is 8.90. The third kappa shape index (κ3) is 4.70. The Kier molecular flexibility index (Phi) is 5.82. The molecule has 0 aromatic heterocycles. The topological polar surface area (TPSA) is 84.5 Å². The Morgan fingerprint density at radius 2 is 1.83 bits per heavy atom. The van der Waals surface area contributed by atoms with Crippen LogP contribution in [-0.2, 0) is 14.8 Å². The number of halogens is 1. The number of rotatable bonds is 6. The van der Waals surface area contributed by atoms with E-state index in [4.69, 9.17) is 16.3 Å². The second-order valence-electron chi connectivity index (χ2n) is 4.98. The molecule has 128 valence electrons. The third-order valence-electron chi connectivity index (χ3n) is 3.21. The zero-order chi connectivity index (χ0) is 17.7. The van der Waals surface area contributed by atoms with E-state index in [0.29, 0.717) is 16.5 Å². The number of anilines is 1. The van der Waals surface area contributed by atoms with Crippen molar-refractivity contribution < 1.29 is 17.9 Å². The van der Waals surface area contributed by atoms with E-state index in [2.05, 4.69) is 10.0 Å². The van der Waals surface area contributed by atoms with E-state index >= 15 is 0 Å². The molecular weight excluding hydrogens is 352 g/mol. The molecule has 2 N–H and O–H groups in total. The van der Waals surface area contributed by atoms with E-state index in [0.717, 1.165) is 5.56 Å². The highest BCUT2D eigenvalue weighted by Gasteiger charge is 2.11. The minimum atomic E-state index is -3.50. The van der Waals surface area contributed by atoms with Crippen LogP contribution in [0.15, 0.2) is 47.4 Å². The fourth-order valence-electron chi connectivity index (χ4n) is 1.95. The Morgan fingerprint density at radius 3 is 2.42 bits per heavy atom. The lowest BCUT2D eigenvalue weighted by atomic mass is 10.2. The zero-order valence-electron chi connectivity index (χ0n) is 13.2. The number of hydrogen-bond acceptors (Lipinski definition) is 4. The van der Waals surface area contributed by atoms with Crippen molar-refractivity contribution in [2.45, 2.75) is 11.8 Å². The van der Waals surface area contributed by atoms with Crippen LogP contribution in [0.4, 0.5) is 5.69 Å². The first-order chi connectivity index (χ1) is 11.3. The van der Waals surface area contributed by atoms with Gasteiger partial charge in [0.1, 0.15) is 5.75 Å². The maximum atomic E-state index is 11.9. The molecule has 2 rings (SSSR count). The molecule has 0 unspecified atom stereocenters. The summed E-state index contributed by atoms with van der Waals surface area (Å²) in [5, 5.41) is 3.23. The number of sulfonamides is 1. The Bertz CT molecular complexity index is 836. The van der Waals surface area contributed by atoms with Gasteiger partial charge in [0.05, 0.1) is 4.90 Å². The van der Waals surface area contributed by atoms with E-state index in [1.807, 2.05) is 6.92 Å². The molecule has 0 radical (unpaired) electrons. The number of ether oxygens (including phenoxy) is 1. The van der Waals surface area contributed by atoms with Crippen LogP contribution in [0.25, 0.3) is 0 Å². The van der Waals surface area contributed by atoms with Crippen molar-refractivity contribution in [3.8, 4) is 5.75 Å². The van der Waals surface area contributed by atoms with E-state index in [9.17, 15) is 13.2 Å². The van der Waals surface area contributed by atoms with E-state index in [-0.39, 0.29) is 17.4 Å². The molecule has 0 heterocycles. The molecule has 0 aliphatic carbocycles. The molecule has 0 saturated carbocycles. The van der Waals surface area contributed by atoms with Crippen LogP contribution in [0.5, 0.6) is 5.75 Å². The van der Waals surface area contributed by atoms with Gasteiger partial charge in [0.2, 0.25) is 10.0 Å². The Morgan fingerprint density at radius 1 is 1.17 bits per heavy atom. The summed E-state index contributed by atoms with van der Waals surface area (Å²) in [5.74, 6) is 0.221. The normalized spacial score (nSPS) is 11.1.